The van der Waals surface area contributed by atoms with E-state index in [4.69, 9.17) is 0 Å². The molecule has 1 fully saturated rings. The van der Waals surface area contributed by atoms with Gasteiger partial charge >= 0.3 is 0 Å². The molecule has 2 aromatic rings. The number of nitro benzene ring substituents is 1. The van der Waals surface area contributed by atoms with E-state index in [0.29, 0.717) is 11.4 Å². The maximum atomic E-state index is 12.9. The number of carbonyl (C=O) groups is 2. The molecule has 1 N–H and O–H groups in total. The van der Waals surface area contributed by atoms with Crippen LogP contribution >= 0.6 is 0 Å². The molecule has 32 heavy (non-hydrogen) atoms. The predicted octanol–water partition coefficient (Wildman–Crippen LogP) is 4.30. The molecule has 1 saturated heterocycles. The molecular weight excluding hydrogens is 408 g/mol. The number of amides is 2. The fraction of sp³-hybridized carbons (Fsp3) is 0.417. The minimum absolute atomic E-state index is 0.0778. The number of carbonyl (C=O) groups excluding carboxylic acids is 2. The summed E-state index contributed by atoms with van der Waals surface area (Å²) in [5.41, 5.74) is 3.39. The summed E-state index contributed by atoms with van der Waals surface area (Å²) in [5, 5.41) is 14.6. The smallest absolute Gasteiger partial charge is 0.293 e. The second kappa shape index (κ2) is 10.3. The number of likely N-dealkylation sites (N-methyl/N-ethyl adjacent to an activating group) is 1. The zero-order valence-electron chi connectivity index (χ0n) is 18.9. The SMILES string of the molecule is Cc1cccc(NC(=O)CN(C)C(=O)c2ccc(N3CCCCCC3)c([N+](=O)[O-])c2)c1C. The molecule has 0 aliphatic carbocycles. The van der Waals surface area contributed by atoms with E-state index in [1.165, 1.54) is 18.0 Å². The van der Waals surface area contributed by atoms with Gasteiger partial charge in [-0.2, -0.15) is 0 Å². The van der Waals surface area contributed by atoms with Gasteiger partial charge in [-0.15, -0.1) is 0 Å². The Morgan fingerprint density at radius 3 is 2.44 bits per heavy atom. The van der Waals surface area contributed by atoms with Gasteiger partial charge < -0.3 is 15.1 Å². The van der Waals surface area contributed by atoms with Gasteiger partial charge in [-0.1, -0.05) is 25.0 Å². The monoisotopic (exact) mass is 438 g/mol. The molecule has 1 heterocycles. The number of hydrogen-bond donors (Lipinski definition) is 1. The van der Waals surface area contributed by atoms with Crippen molar-refractivity contribution in [2.24, 2.45) is 0 Å². The molecule has 170 valence electrons. The predicted molar refractivity (Wildman–Crippen MR) is 125 cm³/mol. The van der Waals surface area contributed by atoms with E-state index in [9.17, 15) is 19.7 Å². The summed E-state index contributed by atoms with van der Waals surface area (Å²) in [7, 11) is 1.51. The van der Waals surface area contributed by atoms with Crippen LogP contribution in [0.1, 0.15) is 47.2 Å². The largest absolute Gasteiger partial charge is 0.366 e. The zero-order chi connectivity index (χ0) is 23.3. The number of aryl methyl sites for hydroxylation is 1. The first-order valence-electron chi connectivity index (χ1n) is 10.9. The van der Waals surface area contributed by atoms with Crippen molar-refractivity contribution in [3.8, 4) is 0 Å². The van der Waals surface area contributed by atoms with Crippen LogP contribution in [0.15, 0.2) is 36.4 Å². The van der Waals surface area contributed by atoms with E-state index < -0.39 is 10.8 Å². The van der Waals surface area contributed by atoms with Crippen molar-refractivity contribution in [1.82, 2.24) is 4.90 Å². The first-order chi connectivity index (χ1) is 15.3. The average molecular weight is 439 g/mol. The molecule has 1 aliphatic heterocycles. The highest BCUT2D eigenvalue weighted by molar-refractivity contribution is 6.00. The number of nitrogens with one attached hydrogen (secondary N) is 1. The third-order valence-electron chi connectivity index (χ3n) is 5.97. The maximum absolute atomic E-state index is 12.9. The number of nitrogens with zero attached hydrogens (tertiary/aromatic N) is 3. The highest BCUT2D eigenvalue weighted by Crippen LogP contribution is 2.31. The molecule has 0 radical (unpaired) electrons. The fourth-order valence-electron chi connectivity index (χ4n) is 3.97. The third-order valence-corrected chi connectivity index (χ3v) is 5.97. The van der Waals surface area contributed by atoms with Gasteiger partial charge in [0.1, 0.15) is 5.69 Å². The van der Waals surface area contributed by atoms with Gasteiger partial charge in [-0.25, -0.2) is 0 Å². The fourth-order valence-corrected chi connectivity index (χ4v) is 3.97. The Kier molecular flexibility index (Phi) is 7.45. The Balaban J connectivity index is 1.73. The van der Waals surface area contributed by atoms with Crippen LogP contribution in [0.4, 0.5) is 17.1 Å². The Bertz CT molecular complexity index is 1010. The molecule has 8 heteroatoms. The summed E-state index contributed by atoms with van der Waals surface area (Å²) in [4.78, 5) is 39.9. The Labute approximate surface area is 188 Å². The normalized spacial score (nSPS) is 13.9. The topological polar surface area (TPSA) is 95.8 Å². The molecule has 2 aromatic carbocycles. The van der Waals surface area contributed by atoms with E-state index >= 15 is 0 Å². The van der Waals surface area contributed by atoms with Gasteiger partial charge in [0.15, 0.2) is 0 Å². The molecule has 0 atom stereocenters. The minimum atomic E-state index is -0.440. The second-order valence-corrected chi connectivity index (χ2v) is 8.32. The summed E-state index contributed by atoms with van der Waals surface area (Å²) < 4.78 is 0. The van der Waals surface area contributed by atoms with Crippen molar-refractivity contribution in [2.45, 2.75) is 39.5 Å². The van der Waals surface area contributed by atoms with Gasteiger partial charge in [0.2, 0.25) is 5.91 Å². The standard InChI is InChI=1S/C24H30N4O4/c1-17-9-8-10-20(18(17)2)25-23(29)16-26(3)24(30)19-11-12-21(22(15-19)28(31)32)27-13-6-4-5-7-14-27/h8-12,15H,4-7,13-14,16H2,1-3H3,(H,25,29). The van der Waals surface area contributed by atoms with Crippen LogP contribution < -0.4 is 10.2 Å². The molecule has 8 nitrogen and oxygen atoms in total. The van der Waals surface area contributed by atoms with Gasteiger partial charge in [0.05, 0.1) is 11.5 Å². The number of hydrogen-bond acceptors (Lipinski definition) is 5. The van der Waals surface area contributed by atoms with Crippen LogP contribution in [0.25, 0.3) is 0 Å². The van der Waals surface area contributed by atoms with Gasteiger partial charge in [0.25, 0.3) is 11.6 Å². The Hall–Kier alpha value is -3.42. The number of benzene rings is 2. The lowest BCUT2D eigenvalue weighted by Gasteiger charge is -2.23. The van der Waals surface area contributed by atoms with Crippen LogP contribution in [0.2, 0.25) is 0 Å². The van der Waals surface area contributed by atoms with Crippen molar-refractivity contribution < 1.29 is 14.5 Å². The molecule has 3 rings (SSSR count). The van der Waals surface area contributed by atoms with Crippen molar-refractivity contribution in [3.63, 3.8) is 0 Å². The Morgan fingerprint density at radius 2 is 1.78 bits per heavy atom. The third kappa shape index (κ3) is 5.43. The van der Waals surface area contributed by atoms with Gasteiger partial charge in [0, 0.05) is 37.5 Å². The lowest BCUT2D eigenvalue weighted by Crippen LogP contribution is -2.35. The Morgan fingerprint density at radius 1 is 1.09 bits per heavy atom. The molecular formula is C24H30N4O4. The molecule has 2 amide bonds. The van der Waals surface area contributed by atoms with Crippen LogP contribution in [-0.4, -0.2) is 48.3 Å². The number of nitro groups is 1. The van der Waals surface area contributed by atoms with Crippen LogP contribution in [0.5, 0.6) is 0 Å². The van der Waals surface area contributed by atoms with Crippen molar-refractivity contribution in [1.29, 1.82) is 0 Å². The minimum Gasteiger partial charge on any atom is -0.366 e. The highest BCUT2D eigenvalue weighted by atomic mass is 16.6. The first kappa shape index (κ1) is 23.2. The van der Waals surface area contributed by atoms with Crippen molar-refractivity contribution in [3.05, 3.63) is 63.2 Å². The summed E-state index contributed by atoms with van der Waals surface area (Å²) in [5.74, 6) is -0.767. The van der Waals surface area contributed by atoms with E-state index in [1.807, 2.05) is 36.9 Å². The van der Waals surface area contributed by atoms with Crippen LogP contribution in [0.3, 0.4) is 0 Å². The molecule has 0 saturated carbocycles. The molecule has 0 unspecified atom stereocenters. The lowest BCUT2D eigenvalue weighted by molar-refractivity contribution is -0.384. The summed E-state index contributed by atoms with van der Waals surface area (Å²) in [6.07, 6.45) is 4.23. The van der Waals surface area contributed by atoms with E-state index in [1.54, 1.807) is 12.1 Å². The van der Waals surface area contributed by atoms with Gasteiger partial charge in [-0.05, 0) is 56.0 Å². The average Bonchev–Trinajstić information content (AvgIpc) is 3.05. The van der Waals surface area contributed by atoms with Gasteiger partial charge in [-0.3, -0.25) is 19.7 Å². The van der Waals surface area contributed by atoms with E-state index in [2.05, 4.69) is 5.32 Å². The summed E-state index contributed by atoms with van der Waals surface area (Å²) in [6, 6.07) is 10.2. The lowest BCUT2D eigenvalue weighted by atomic mass is 10.1. The number of rotatable bonds is 6. The molecule has 1 aliphatic rings. The van der Waals surface area contributed by atoms with Crippen LogP contribution in [0, 0.1) is 24.0 Å². The van der Waals surface area contributed by atoms with E-state index in [-0.39, 0.29) is 23.7 Å². The molecule has 0 spiro atoms. The van der Waals surface area contributed by atoms with Crippen molar-refractivity contribution in [2.75, 3.05) is 36.9 Å². The molecule has 0 aromatic heterocycles. The molecule has 0 bridgehead atoms. The second-order valence-electron chi connectivity index (χ2n) is 8.32. The first-order valence-corrected chi connectivity index (χ1v) is 10.9. The highest BCUT2D eigenvalue weighted by Gasteiger charge is 2.24. The maximum Gasteiger partial charge on any atom is 0.293 e. The number of anilines is 2. The van der Waals surface area contributed by atoms with Crippen LogP contribution in [-0.2, 0) is 4.79 Å². The summed E-state index contributed by atoms with van der Waals surface area (Å²) >= 11 is 0. The van der Waals surface area contributed by atoms with Crippen molar-refractivity contribution >= 4 is 28.9 Å². The zero-order valence-corrected chi connectivity index (χ0v) is 18.9. The van der Waals surface area contributed by atoms with E-state index in [0.717, 1.165) is 49.9 Å². The quantitative estimate of drug-likeness (QED) is 0.536. The summed E-state index contributed by atoms with van der Waals surface area (Å²) in [6.45, 7) is 5.26.